The van der Waals surface area contributed by atoms with Gasteiger partial charge in [0.15, 0.2) is 0 Å². The molecule has 0 aromatic heterocycles. The first-order valence-corrected chi connectivity index (χ1v) is 6.60. The molecule has 1 fully saturated rings. The molecular weight excluding hydrogens is 250 g/mol. The van der Waals surface area contributed by atoms with Crippen LogP contribution in [0.5, 0.6) is 0 Å². The van der Waals surface area contributed by atoms with Crippen LogP contribution in [0.15, 0.2) is 22.7 Å². The molecule has 0 radical (unpaired) electrons. The van der Waals surface area contributed by atoms with Crippen molar-refractivity contribution in [2.24, 2.45) is 0 Å². The van der Waals surface area contributed by atoms with Crippen molar-refractivity contribution >= 4 is 15.9 Å². The number of nitrogens with one attached hydrogen (secondary N) is 1. The minimum Gasteiger partial charge on any atom is -0.316 e. The van der Waals surface area contributed by atoms with E-state index in [1.54, 1.807) is 11.1 Å². The molecule has 0 bridgehead atoms. The predicted octanol–water partition coefficient (Wildman–Crippen LogP) is 3.02. The first-order chi connectivity index (χ1) is 7.32. The highest BCUT2D eigenvalue weighted by Gasteiger charge is 2.41. The fourth-order valence-corrected chi connectivity index (χ4v) is 3.87. The summed E-state index contributed by atoms with van der Waals surface area (Å²) in [6, 6.07) is 6.66. The Morgan fingerprint density at radius 1 is 1.27 bits per heavy atom. The van der Waals surface area contributed by atoms with Crippen molar-refractivity contribution in [3.8, 4) is 0 Å². The Morgan fingerprint density at radius 3 is 2.87 bits per heavy atom. The van der Waals surface area contributed by atoms with Gasteiger partial charge in [-0.25, -0.2) is 0 Å². The maximum absolute atomic E-state index is 3.74. The van der Waals surface area contributed by atoms with Crippen LogP contribution in [0.2, 0.25) is 0 Å². The second kappa shape index (κ2) is 3.60. The zero-order valence-corrected chi connectivity index (χ0v) is 10.4. The van der Waals surface area contributed by atoms with E-state index < -0.39 is 0 Å². The topological polar surface area (TPSA) is 12.0 Å². The van der Waals surface area contributed by atoms with Crippen LogP contribution in [0.4, 0.5) is 0 Å². The standard InChI is InChI=1S/C13H16BrN/c14-11-4-1-3-10-5-8-15-9-13(12(10)11)6-2-7-13/h1,3-4,15H,2,5-9H2. The minimum absolute atomic E-state index is 0.450. The molecule has 1 heterocycles. The molecule has 1 nitrogen and oxygen atoms in total. The Hall–Kier alpha value is -0.340. The number of fused-ring (bicyclic) bond motifs is 2. The normalized spacial score (nSPS) is 23.0. The van der Waals surface area contributed by atoms with Gasteiger partial charge >= 0.3 is 0 Å². The lowest BCUT2D eigenvalue weighted by atomic mass is 9.63. The van der Waals surface area contributed by atoms with E-state index in [0.717, 1.165) is 6.54 Å². The largest absolute Gasteiger partial charge is 0.316 e. The molecule has 0 unspecified atom stereocenters. The van der Waals surface area contributed by atoms with Gasteiger partial charge < -0.3 is 5.32 Å². The molecule has 1 spiro atoms. The fourth-order valence-electron chi connectivity index (χ4n) is 3.04. The van der Waals surface area contributed by atoms with Crippen molar-refractivity contribution in [2.45, 2.75) is 31.1 Å². The molecule has 2 heteroatoms. The Morgan fingerprint density at radius 2 is 2.13 bits per heavy atom. The first kappa shape index (κ1) is 9.86. The smallest absolute Gasteiger partial charge is 0.0216 e. The van der Waals surface area contributed by atoms with Gasteiger partial charge in [-0.05, 0) is 43.0 Å². The third kappa shape index (κ3) is 1.46. The van der Waals surface area contributed by atoms with E-state index >= 15 is 0 Å². The number of hydrogen-bond acceptors (Lipinski definition) is 1. The van der Waals surface area contributed by atoms with Crippen molar-refractivity contribution in [1.82, 2.24) is 5.32 Å². The molecule has 0 atom stereocenters. The van der Waals surface area contributed by atoms with Gasteiger partial charge in [0.25, 0.3) is 0 Å². The summed E-state index contributed by atoms with van der Waals surface area (Å²) in [5.41, 5.74) is 3.60. The average molecular weight is 266 g/mol. The Labute approximate surface area is 99.4 Å². The van der Waals surface area contributed by atoms with E-state index in [2.05, 4.69) is 39.4 Å². The maximum atomic E-state index is 3.74. The molecule has 3 rings (SSSR count). The van der Waals surface area contributed by atoms with Gasteiger partial charge in [0, 0.05) is 16.4 Å². The molecular formula is C13H16BrN. The highest BCUT2D eigenvalue weighted by molar-refractivity contribution is 9.10. The molecule has 0 saturated heterocycles. The highest BCUT2D eigenvalue weighted by atomic mass is 79.9. The van der Waals surface area contributed by atoms with Crippen LogP contribution in [-0.4, -0.2) is 13.1 Å². The van der Waals surface area contributed by atoms with Crippen LogP contribution in [0.3, 0.4) is 0 Å². The summed E-state index contributed by atoms with van der Waals surface area (Å²) in [5.74, 6) is 0. The summed E-state index contributed by atoms with van der Waals surface area (Å²) in [4.78, 5) is 0. The van der Waals surface area contributed by atoms with Crippen LogP contribution in [-0.2, 0) is 11.8 Å². The Bertz CT molecular complexity index is 382. The summed E-state index contributed by atoms with van der Waals surface area (Å²) >= 11 is 3.74. The number of hydrogen-bond donors (Lipinski definition) is 1. The molecule has 1 saturated carbocycles. The lowest BCUT2D eigenvalue weighted by Gasteiger charge is -2.43. The first-order valence-electron chi connectivity index (χ1n) is 5.80. The highest BCUT2D eigenvalue weighted by Crippen LogP contribution is 2.48. The Kier molecular flexibility index (Phi) is 2.37. The van der Waals surface area contributed by atoms with E-state index in [9.17, 15) is 0 Å². The van der Waals surface area contributed by atoms with Crippen molar-refractivity contribution < 1.29 is 0 Å². The van der Waals surface area contributed by atoms with Crippen LogP contribution < -0.4 is 5.32 Å². The van der Waals surface area contributed by atoms with Gasteiger partial charge in [0.1, 0.15) is 0 Å². The van der Waals surface area contributed by atoms with Crippen LogP contribution in [0.1, 0.15) is 30.4 Å². The minimum atomic E-state index is 0.450. The zero-order valence-electron chi connectivity index (χ0n) is 8.85. The third-order valence-corrected chi connectivity index (χ3v) is 4.64. The fraction of sp³-hybridized carbons (Fsp3) is 0.538. The summed E-state index contributed by atoms with van der Waals surface area (Å²) in [5, 5.41) is 3.59. The summed E-state index contributed by atoms with van der Waals surface area (Å²) in [6.45, 7) is 2.30. The number of rotatable bonds is 0. The lowest BCUT2D eigenvalue weighted by Crippen LogP contribution is -2.43. The second-order valence-electron chi connectivity index (χ2n) is 4.83. The second-order valence-corrected chi connectivity index (χ2v) is 5.69. The maximum Gasteiger partial charge on any atom is 0.0216 e. The van der Waals surface area contributed by atoms with Gasteiger partial charge in [-0.2, -0.15) is 0 Å². The lowest BCUT2D eigenvalue weighted by molar-refractivity contribution is 0.238. The molecule has 80 valence electrons. The van der Waals surface area contributed by atoms with E-state index in [0.29, 0.717) is 5.41 Å². The van der Waals surface area contributed by atoms with Gasteiger partial charge in [-0.1, -0.05) is 34.5 Å². The van der Waals surface area contributed by atoms with Crippen LogP contribution in [0.25, 0.3) is 0 Å². The SMILES string of the molecule is Brc1cccc2c1C1(CCC1)CNCC2. The Balaban J connectivity index is 2.15. The molecule has 1 N–H and O–H groups in total. The summed E-state index contributed by atoms with van der Waals surface area (Å²) < 4.78 is 1.32. The third-order valence-electron chi connectivity index (χ3n) is 3.98. The molecule has 2 aliphatic rings. The van der Waals surface area contributed by atoms with E-state index in [1.165, 1.54) is 36.7 Å². The molecule has 1 aromatic carbocycles. The van der Waals surface area contributed by atoms with Gasteiger partial charge in [-0.3, -0.25) is 0 Å². The zero-order chi connectivity index (χ0) is 10.3. The van der Waals surface area contributed by atoms with Gasteiger partial charge in [0.2, 0.25) is 0 Å². The van der Waals surface area contributed by atoms with Crippen LogP contribution >= 0.6 is 15.9 Å². The van der Waals surface area contributed by atoms with Crippen molar-refractivity contribution in [3.63, 3.8) is 0 Å². The average Bonchev–Trinajstić information content (AvgIpc) is 2.37. The molecule has 15 heavy (non-hydrogen) atoms. The molecule has 1 aromatic rings. The number of benzene rings is 1. The molecule has 1 aliphatic heterocycles. The number of halogens is 1. The van der Waals surface area contributed by atoms with Crippen molar-refractivity contribution in [3.05, 3.63) is 33.8 Å². The van der Waals surface area contributed by atoms with E-state index in [4.69, 9.17) is 0 Å². The van der Waals surface area contributed by atoms with Crippen LogP contribution in [0, 0.1) is 0 Å². The molecule has 0 amide bonds. The predicted molar refractivity (Wildman–Crippen MR) is 66.2 cm³/mol. The quantitative estimate of drug-likeness (QED) is 0.761. The van der Waals surface area contributed by atoms with E-state index in [1.807, 2.05) is 0 Å². The van der Waals surface area contributed by atoms with Gasteiger partial charge in [0.05, 0.1) is 0 Å². The van der Waals surface area contributed by atoms with Crippen molar-refractivity contribution in [2.75, 3.05) is 13.1 Å². The summed E-state index contributed by atoms with van der Waals surface area (Å²) in [6.07, 6.45) is 5.28. The summed E-state index contributed by atoms with van der Waals surface area (Å²) in [7, 11) is 0. The monoisotopic (exact) mass is 265 g/mol. The van der Waals surface area contributed by atoms with Gasteiger partial charge in [-0.15, -0.1) is 0 Å². The van der Waals surface area contributed by atoms with E-state index in [-0.39, 0.29) is 0 Å². The molecule has 1 aliphatic carbocycles. The van der Waals surface area contributed by atoms with Crippen molar-refractivity contribution in [1.29, 1.82) is 0 Å².